The van der Waals surface area contributed by atoms with Gasteiger partial charge in [-0.3, -0.25) is 4.79 Å². The third-order valence-corrected chi connectivity index (χ3v) is 4.90. The highest BCUT2D eigenvalue weighted by Gasteiger charge is 2.31. The van der Waals surface area contributed by atoms with E-state index in [1.807, 2.05) is 0 Å². The van der Waals surface area contributed by atoms with Gasteiger partial charge in [-0.05, 0) is 62.9 Å². The minimum absolute atomic E-state index is 0. The monoisotopic (exact) mass is 378 g/mol. The van der Waals surface area contributed by atoms with Gasteiger partial charge in [-0.2, -0.15) is 13.2 Å². The molecule has 0 radical (unpaired) electrons. The van der Waals surface area contributed by atoms with E-state index in [1.165, 1.54) is 6.07 Å². The number of piperidine rings is 1. The number of hydrogen-bond acceptors (Lipinski definition) is 2. The van der Waals surface area contributed by atoms with Crippen molar-refractivity contribution >= 4 is 18.3 Å². The molecule has 1 atom stereocenters. The standard InChI is InChI=1S/C18H25F3N2O.ClH/c1-13(15-4-3-5-16(12-15)18(19,20)21)23(2)17(24)7-6-14-8-10-22-11-9-14;/h3-5,12-14,22H,6-11H2,1-2H3;1H. The smallest absolute Gasteiger partial charge is 0.339 e. The highest BCUT2D eigenvalue weighted by Crippen LogP contribution is 2.32. The van der Waals surface area contributed by atoms with Crippen molar-refractivity contribution in [2.24, 2.45) is 5.92 Å². The fourth-order valence-electron chi connectivity index (χ4n) is 3.09. The minimum atomic E-state index is -4.37. The third kappa shape index (κ3) is 6.19. The Morgan fingerprint density at radius 2 is 1.96 bits per heavy atom. The molecular weight excluding hydrogens is 353 g/mol. The summed E-state index contributed by atoms with van der Waals surface area (Å²) in [6.07, 6.45) is -0.904. The lowest BCUT2D eigenvalue weighted by Crippen LogP contribution is -2.31. The Morgan fingerprint density at radius 1 is 1.32 bits per heavy atom. The predicted molar refractivity (Wildman–Crippen MR) is 94.7 cm³/mol. The molecule has 1 aliphatic heterocycles. The molecule has 1 aliphatic rings. The van der Waals surface area contributed by atoms with Gasteiger partial charge in [-0.1, -0.05) is 12.1 Å². The lowest BCUT2D eigenvalue weighted by atomic mass is 9.93. The first-order valence-electron chi connectivity index (χ1n) is 8.42. The highest BCUT2D eigenvalue weighted by atomic mass is 35.5. The van der Waals surface area contributed by atoms with E-state index in [0.29, 0.717) is 17.9 Å². The van der Waals surface area contributed by atoms with E-state index >= 15 is 0 Å². The topological polar surface area (TPSA) is 32.3 Å². The maximum absolute atomic E-state index is 12.8. The van der Waals surface area contributed by atoms with Crippen molar-refractivity contribution in [3.63, 3.8) is 0 Å². The van der Waals surface area contributed by atoms with Crippen molar-refractivity contribution in [2.45, 2.75) is 44.8 Å². The molecule has 2 rings (SSSR count). The number of hydrogen-bond donors (Lipinski definition) is 1. The summed E-state index contributed by atoms with van der Waals surface area (Å²) in [5.74, 6) is 0.547. The molecule has 25 heavy (non-hydrogen) atoms. The van der Waals surface area contributed by atoms with Gasteiger partial charge in [0.1, 0.15) is 0 Å². The molecule has 1 aromatic carbocycles. The van der Waals surface area contributed by atoms with Crippen molar-refractivity contribution in [1.29, 1.82) is 0 Å². The first kappa shape index (κ1) is 21.8. The average molecular weight is 379 g/mol. The summed E-state index contributed by atoms with van der Waals surface area (Å²) >= 11 is 0. The van der Waals surface area contributed by atoms with Crippen LogP contribution in [0.25, 0.3) is 0 Å². The van der Waals surface area contributed by atoms with Crippen LogP contribution >= 0.6 is 12.4 Å². The summed E-state index contributed by atoms with van der Waals surface area (Å²) in [6, 6.07) is 4.82. The summed E-state index contributed by atoms with van der Waals surface area (Å²) in [5.41, 5.74) is -0.176. The maximum atomic E-state index is 12.8. The number of nitrogens with one attached hydrogen (secondary N) is 1. The van der Waals surface area contributed by atoms with Crippen LogP contribution in [0.5, 0.6) is 0 Å². The van der Waals surface area contributed by atoms with E-state index in [-0.39, 0.29) is 24.4 Å². The number of carbonyl (C=O) groups is 1. The summed E-state index contributed by atoms with van der Waals surface area (Å²) in [7, 11) is 1.66. The zero-order valence-electron chi connectivity index (χ0n) is 14.6. The van der Waals surface area contributed by atoms with Crippen LogP contribution in [0.15, 0.2) is 24.3 Å². The van der Waals surface area contributed by atoms with Gasteiger partial charge in [-0.25, -0.2) is 0 Å². The largest absolute Gasteiger partial charge is 0.416 e. The number of halogens is 4. The molecule has 1 heterocycles. The lowest BCUT2D eigenvalue weighted by molar-refractivity contribution is -0.137. The Kier molecular flexibility index (Phi) is 8.22. The van der Waals surface area contributed by atoms with Crippen molar-refractivity contribution in [1.82, 2.24) is 10.2 Å². The fourth-order valence-corrected chi connectivity index (χ4v) is 3.09. The zero-order chi connectivity index (χ0) is 17.7. The molecule has 3 nitrogen and oxygen atoms in total. The van der Waals surface area contributed by atoms with Crippen molar-refractivity contribution in [3.8, 4) is 0 Å². The molecule has 0 saturated carbocycles. The highest BCUT2D eigenvalue weighted by molar-refractivity contribution is 5.85. The molecule has 1 amide bonds. The normalized spacial score (nSPS) is 16.8. The van der Waals surface area contributed by atoms with E-state index in [2.05, 4.69) is 5.32 Å². The molecule has 0 aliphatic carbocycles. The second-order valence-corrected chi connectivity index (χ2v) is 6.54. The summed E-state index contributed by atoms with van der Waals surface area (Å²) in [6.45, 7) is 3.75. The number of benzene rings is 1. The second kappa shape index (κ2) is 9.43. The molecule has 1 aromatic rings. The van der Waals surface area contributed by atoms with Crippen molar-refractivity contribution in [3.05, 3.63) is 35.4 Å². The molecule has 1 unspecified atom stereocenters. The molecule has 7 heteroatoms. The van der Waals surface area contributed by atoms with Crippen LogP contribution < -0.4 is 5.32 Å². The number of carbonyl (C=O) groups excluding carboxylic acids is 1. The molecule has 0 bridgehead atoms. The predicted octanol–water partition coefficient (Wildman–Crippen LogP) is 4.43. The summed E-state index contributed by atoms with van der Waals surface area (Å²) < 4.78 is 38.5. The van der Waals surface area contributed by atoms with Crippen LogP contribution in [0.1, 0.15) is 49.8 Å². The quantitative estimate of drug-likeness (QED) is 0.822. The van der Waals surface area contributed by atoms with Gasteiger partial charge in [0.05, 0.1) is 11.6 Å². The Hall–Kier alpha value is -1.27. The Bertz CT molecular complexity index is 559. The molecule has 142 valence electrons. The van der Waals surface area contributed by atoms with Crippen molar-refractivity contribution in [2.75, 3.05) is 20.1 Å². The summed E-state index contributed by atoms with van der Waals surface area (Å²) in [4.78, 5) is 13.9. The van der Waals surface area contributed by atoms with Crippen LogP contribution in [0.2, 0.25) is 0 Å². The van der Waals surface area contributed by atoms with Gasteiger partial charge in [-0.15, -0.1) is 12.4 Å². The van der Waals surface area contributed by atoms with Crippen LogP contribution in [-0.4, -0.2) is 30.9 Å². The van der Waals surface area contributed by atoms with Gasteiger partial charge in [0, 0.05) is 13.5 Å². The third-order valence-electron chi connectivity index (χ3n) is 4.90. The van der Waals surface area contributed by atoms with Crippen LogP contribution in [0, 0.1) is 5.92 Å². The molecular formula is C18H26ClF3N2O. The fraction of sp³-hybridized carbons (Fsp3) is 0.611. The first-order valence-corrected chi connectivity index (χ1v) is 8.42. The van der Waals surface area contributed by atoms with Gasteiger partial charge < -0.3 is 10.2 Å². The maximum Gasteiger partial charge on any atom is 0.416 e. The van der Waals surface area contributed by atoms with Crippen LogP contribution in [0.4, 0.5) is 13.2 Å². The molecule has 1 saturated heterocycles. The zero-order valence-corrected chi connectivity index (χ0v) is 15.4. The van der Waals surface area contributed by atoms with E-state index in [9.17, 15) is 18.0 Å². The average Bonchev–Trinajstić information content (AvgIpc) is 2.58. The number of nitrogens with zero attached hydrogens (tertiary/aromatic N) is 1. The lowest BCUT2D eigenvalue weighted by Gasteiger charge is -2.27. The number of alkyl halides is 3. The Morgan fingerprint density at radius 3 is 2.56 bits per heavy atom. The van der Waals surface area contributed by atoms with Crippen LogP contribution in [-0.2, 0) is 11.0 Å². The molecule has 0 aromatic heterocycles. The van der Waals surface area contributed by atoms with Gasteiger partial charge in [0.15, 0.2) is 0 Å². The first-order chi connectivity index (χ1) is 11.3. The van der Waals surface area contributed by atoms with E-state index in [1.54, 1.807) is 24.9 Å². The number of amides is 1. The Labute approximate surface area is 153 Å². The summed E-state index contributed by atoms with van der Waals surface area (Å²) in [5, 5.41) is 3.30. The van der Waals surface area contributed by atoms with E-state index in [0.717, 1.165) is 44.5 Å². The SMILES string of the molecule is CC(c1cccc(C(F)(F)F)c1)N(C)C(=O)CCC1CCNCC1.Cl. The molecule has 1 N–H and O–H groups in total. The van der Waals surface area contributed by atoms with Gasteiger partial charge >= 0.3 is 6.18 Å². The van der Waals surface area contributed by atoms with E-state index in [4.69, 9.17) is 0 Å². The van der Waals surface area contributed by atoms with Gasteiger partial charge in [0.25, 0.3) is 0 Å². The Balaban J connectivity index is 0.00000312. The second-order valence-electron chi connectivity index (χ2n) is 6.54. The minimum Gasteiger partial charge on any atom is -0.339 e. The molecule has 0 spiro atoms. The molecule has 1 fully saturated rings. The van der Waals surface area contributed by atoms with Gasteiger partial charge in [0.2, 0.25) is 5.91 Å². The van der Waals surface area contributed by atoms with Crippen LogP contribution in [0.3, 0.4) is 0 Å². The van der Waals surface area contributed by atoms with Crippen molar-refractivity contribution < 1.29 is 18.0 Å². The number of rotatable bonds is 5. The van der Waals surface area contributed by atoms with E-state index < -0.39 is 11.7 Å².